The molecular formula is C15H11Cl2N3O4. The van der Waals surface area contributed by atoms with Crippen molar-refractivity contribution in [3.63, 3.8) is 0 Å². The number of rotatable bonds is 6. The average Bonchev–Trinajstić information content (AvgIpc) is 2.55. The number of nitrogens with one attached hydrogen (secondary N) is 1. The number of halogens is 2. The van der Waals surface area contributed by atoms with Gasteiger partial charge in [-0.1, -0.05) is 41.4 Å². The monoisotopic (exact) mass is 367 g/mol. The Morgan fingerprint density at radius 1 is 1.25 bits per heavy atom. The first kappa shape index (κ1) is 17.7. The Balaban J connectivity index is 1.90. The van der Waals surface area contributed by atoms with Crippen LogP contribution in [0.2, 0.25) is 10.0 Å². The second kappa shape index (κ2) is 8.28. The zero-order valence-corrected chi connectivity index (χ0v) is 13.6. The molecule has 7 nitrogen and oxygen atoms in total. The fourth-order valence-corrected chi connectivity index (χ4v) is 2.04. The second-order valence-corrected chi connectivity index (χ2v) is 5.29. The topological polar surface area (TPSA) is 93.8 Å². The number of amides is 1. The Kier molecular flexibility index (Phi) is 6.11. The highest BCUT2D eigenvalue weighted by atomic mass is 35.5. The van der Waals surface area contributed by atoms with Gasteiger partial charge in [0.2, 0.25) is 0 Å². The highest BCUT2D eigenvalue weighted by molar-refractivity contribution is 6.32. The van der Waals surface area contributed by atoms with Crippen LogP contribution in [0.15, 0.2) is 47.6 Å². The molecule has 0 unspecified atom stereocenters. The largest absolute Gasteiger partial charge is 0.482 e. The van der Waals surface area contributed by atoms with Crippen LogP contribution in [0.1, 0.15) is 5.56 Å². The maximum Gasteiger partial charge on any atom is 0.288 e. The van der Waals surface area contributed by atoms with Crippen LogP contribution in [0.5, 0.6) is 5.75 Å². The van der Waals surface area contributed by atoms with Crippen LogP contribution in [-0.4, -0.2) is 23.7 Å². The number of ether oxygens (including phenoxy) is 1. The average molecular weight is 368 g/mol. The summed E-state index contributed by atoms with van der Waals surface area (Å²) in [5.74, 6) is -0.124. The standard InChI is InChI=1S/C15H11Cl2N3O4/c16-11-6-5-10(7-13(11)20(22)23)8-18-19-15(21)9-24-14-4-2-1-3-12(14)17/h1-8H,9H2,(H,19,21)/b18-8-. The number of nitro benzene ring substituents is 1. The molecule has 0 aromatic heterocycles. The molecule has 0 fully saturated rings. The van der Waals surface area contributed by atoms with Gasteiger partial charge in [-0.25, -0.2) is 5.43 Å². The van der Waals surface area contributed by atoms with E-state index in [0.717, 1.165) is 0 Å². The van der Waals surface area contributed by atoms with Gasteiger partial charge >= 0.3 is 0 Å². The summed E-state index contributed by atoms with van der Waals surface area (Å²) in [4.78, 5) is 21.8. The van der Waals surface area contributed by atoms with Crippen LogP contribution in [0, 0.1) is 10.1 Å². The lowest BCUT2D eigenvalue weighted by Gasteiger charge is -2.06. The van der Waals surface area contributed by atoms with Gasteiger partial charge in [-0.05, 0) is 18.2 Å². The van der Waals surface area contributed by atoms with E-state index in [4.69, 9.17) is 27.9 Å². The van der Waals surface area contributed by atoms with Gasteiger partial charge in [-0.3, -0.25) is 14.9 Å². The van der Waals surface area contributed by atoms with Gasteiger partial charge in [-0.15, -0.1) is 0 Å². The van der Waals surface area contributed by atoms with E-state index in [-0.39, 0.29) is 17.3 Å². The molecule has 124 valence electrons. The van der Waals surface area contributed by atoms with E-state index in [1.165, 1.54) is 24.4 Å². The van der Waals surface area contributed by atoms with Gasteiger partial charge in [0, 0.05) is 11.6 Å². The van der Waals surface area contributed by atoms with Crippen LogP contribution < -0.4 is 10.2 Å². The molecule has 0 heterocycles. The third kappa shape index (κ3) is 4.94. The van der Waals surface area contributed by atoms with Gasteiger partial charge < -0.3 is 4.74 Å². The number of hydrazone groups is 1. The van der Waals surface area contributed by atoms with Crippen molar-refractivity contribution >= 4 is 41.0 Å². The number of para-hydroxylation sites is 1. The first-order valence-electron chi connectivity index (χ1n) is 6.60. The SMILES string of the molecule is O=C(COc1ccccc1Cl)N/N=C\c1ccc(Cl)c([N+](=O)[O-])c1. The third-order valence-corrected chi connectivity index (χ3v) is 3.40. The van der Waals surface area contributed by atoms with Crippen LogP contribution >= 0.6 is 23.2 Å². The summed E-state index contributed by atoms with van der Waals surface area (Å²) in [5.41, 5.74) is 2.42. The Labute approximate surface area is 147 Å². The molecule has 24 heavy (non-hydrogen) atoms. The summed E-state index contributed by atoms with van der Waals surface area (Å²) in [6.45, 7) is -0.276. The summed E-state index contributed by atoms with van der Waals surface area (Å²) in [5, 5.41) is 14.9. The van der Waals surface area contributed by atoms with E-state index in [0.29, 0.717) is 16.3 Å². The van der Waals surface area contributed by atoms with E-state index in [1.807, 2.05) is 0 Å². The van der Waals surface area contributed by atoms with Crippen LogP contribution in [0.4, 0.5) is 5.69 Å². The van der Waals surface area contributed by atoms with Crippen molar-refractivity contribution in [1.82, 2.24) is 5.43 Å². The fourth-order valence-electron chi connectivity index (χ4n) is 1.67. The van der Waals surface area contributed by atoms with Gasteiger partial charge in [0.15, 0.2) is 6.61 Å². The predicted octanol–water partition coefficient (Wildman–Crippen LogP) is 3.43. The third-order valence-electron chi connectivity index (χ3n) is 2.77. The number of hydrogen-bond acceptors (Lipinski definition) is 5. The van der Waals surface area contributed by atoms with Crippen LogP contribution in [0.25, 0.3) is 0 Å². The van der Waals surface area contributed by atoms with Crippen molar-refractivity contribution in [3.05, 3.63) is 68.2 Å². The molecule has 0 aliphatic carbocycles. The molecule has 1 N–H and O–H groups in total. The minimum atomic E-state index is -0.601. The summed E-state index contributed by atoms with van der Waals surface area (Å²) in [6, 6.07) is 10.9. The molecule has 2 aromatic rings. The first-order valence-corrected chi connectivity index (χ1v) is 7.36. The van der Waals surface area contributed by atoms with E-state index < -0.39 is 10.8 Å². The van der Waals surface area contributed by atoms with Crippen molar-refractivity contribution in [3.8, 4) is 5.75 Å². The summed E-state index contributed by atoms with van der Waals surface area (Å²) in [7, 11) is 0. The zero-order valence-electron chi connectivity index (χ0n) is 12.1. The Hall–Kier alpha value is -2.64. The smallest absolute Gasteiger partial charge is 0.288 e. The number of carbonyl (C=O) groups is 1. The Morgan fingerprint density at radius 2 is 2.00 bits per heavy atom. The lowest BCUT2D eigenvalue weighted by Crippen LogP contribution is -2.24. The lowest BCUT2D eigenvalue weighted by molar-refractivity contribution is -0.384. The summed E-state index contributed by atoms with van der Waals surface area (Å²) in [6.07, 6.45) is 1.26. The maximum atomic E-state index is 11.6. The van der Waals surface area contributed by atoms with Crippen molar-refractivity contribution in [2.24, 2.45) is 5.10 Å². The Morgan fingerprint density at radius 3 is 2.71 bits per heavy atom. The van der Waals surface area contributed by atoms with Gasteiger partial charge in [-0.2, -0.15) is 5.10 Å². The van der Waals surface area contributed by atoms with Crippen LogP contribution in [0.3, 0.4) is 0 Å². The molecule has 0 atom stereocenters. The molecule has 0 aliphatic heterocycles. The van der Waals surface area contributed by atoms with Crippen molar-refractivity contribution in [1.29, 1.82) is 0 Å². The second-order valence-electron chi connectivity index (χ2n) is 4.48. The molecule has 0 spiro atoms. The first-order chi connectivity index (χ1) is 11.5. The van der Waals surface area contributed by atoms with E-state index in [2.05, 4.69) is 10.5 Å². The molecule has 2 aromatic carbocycles. The summed E-state index contributed by atoms with van der Waals surface area (Å²) < 4.78 is 5.24. The van der Waals surface area contributed by atoms with E-state index >= 15 is 0 Å². The normalized spacial score (nSPS) is 10.6. The number of nitro groups is 1. The minimum Gasteiger partial charge on any atom is -0.482 e. The molecule has 0 saturated heterocycles. The molecule has 0 radical (unpaired) electrons. The highest BCUT2D eigenvalue weighted by Crippen LogP contribution is 2.24. The number of nitrogens with zero attached hydrogens (tertiary/aromatic N) is 2. The van der Waals surface area contributed by atoms with Crippen molar-refractivity contribution < 1.29 is 14.5 Å². The molecule has 0 aliphatic rings. The van der Waals surface area contributed by atoms with Crippen LogP contribution in [-0.2, 0) is 4.79 Å². The lowest BCUT2D eigenvalue weighted by atomic mass is 10.2. The number of carbonyl (C=O) groups excluding carboxylic acids is 1. The quantitative estimate of drug-likeness (QED) is 0.480. The minimum absolute atomic E-state index is 0.0225. The van der Waals surface area contributed by atoms with Gasteiger partial charge in [0.05, 0.1) is 16.2 Å². The highest BCUT2D eigenvalue weighted by Gasteiger charge is 2.11. The summed E-state index contributed by atoms with van der Waals surface area (Å²) >= 11 is 11.6. The molecule has 0 saturated carbocycles. The van der Waals surface area contributed by atoms with E-state index in [1.54, 1.807) is 24.3 Å². The van der Waals surface area contributed by atoms with Gasteiger partial charge in [0.1, 0.15) is 10.8 Å². The van der Waals surface area contributed by atoms with E-state index in [9.17, 15) is 14.9 Å². The number of benzene rings is 2. The molecular weight excluding hydrogens is 357 g/mol. The molecule has 9 heteroatoms. The Bertz CT molecular complexity index is 796. The molecule has 1 amide bonds. The van der Waals surface area contributed by atoms with Gasteiger partial charge in [0.25, 0.3) is 11.6 Å². The predicted molar refractivity (Wildman–Crippen MR) is 90.8 cm³/mol. The fraction of sp³-hybridized carbons (Fsp3) is 0.0667. The maximum absolute atomic E-state index is 11.6. The zero-order chi connectivity index (χ0) is 17.5. The molecule has 0 bridgehead atoms. The van der Waals surface area contributed by atoms with Crippen molar-refractivity contribution in [2.75, 3.05) is 6.61 Å². The number of hydrogen-bond donors (Lipinski definition) is 1. The molecule has 2 rings (SSSR count). The van der Waals surface area contributed by atoms with Crippen molar-refractivity contribution in [2.45, 2.75) is 0 Å².